The van der Waals surface area contributed by atoms with E-state index in [-0.39, 0.29) is 17.9 Å². The van der Waals surface area contributed by atoms with Crippen LogP contribution in [0.3, 0.4) is 0 Å². The van der Waals surface area contributed by atoms with Crippen molar-refractivity contribution in [1.82, 2.24) is 5.32 Å². The molecule has 1 fully saturated rings. The van der Waals surface area contributed by atoms with Crippen LogP contribution in [0.2, 0.25) is 0 Å². The summed E-state index contributed by atoms with van der Waals surface area (Å²) < 4.78 is 4.94. The van der Waals surface area contributed by atoms with E-state index < -0.39 is 6.23 Å². The van der Waals surface area contributed by atoms with Gasteiger partial charge in [-0.1, -0.05) is 30.7 Å². The third-order valence-corrected chi connectivity index (χ3v) is 4.63. The highest BCUT2D eigenvalue weighted by Gasteiger charge is 2.31. The third kappa shape index (κ3) is 3.44. The van der Waals surface area contributed by atoms with Gasteiger partial charge in [0, 0.05) is 12.3 Å². The van der Waals surface area contributed by atoms with Gasteiger partial charge in [0.05, 0.1) is 6.61 Å². The molecule has 0 bridgehead atoms. The summed E-state index contributed by atoms with van der Waals surface area (Å²) >= 11 is 0. The number of ether oxygens (including phenoxy) is 1. The van der Waals surface area contributed by atoms with Crippen molar-refractivity contribution in [3.63, 3.8) is 0 Å². The molecule has 3 atom stereocenters. The molecule has 1 saturated heterocycles. The molecule has 0 amide bonds. The molecule has 3 rings (SSSR count). The van der Waals surface area contributed by atoms with Crippen molar-refractivity contribution in [1.29, 1.82) is 0 Å². The average molecular weight is 289 g/mol. The van der Waals surface area contributed by atoms with Gasteiger partial charge in [0.2, 0.25) is 0 Å². The lowest BCUT2D eigenvalue weighted by atomic mass is 9.85. The van der Waals surface area contributed by atoms with Crippen LogP contribution >= 0.6 is 0 Å². The maximum Gasteiger partial charge on any atom is 0.323 e. The largest absolute Gasteiger partial charge is 0.464 e. The van der Waals surface area contributed by atoms with Crippen LogP contribution in [0, 0.1) is 5.92 Å². The summed E-state index contributed by atoms with van der Waals surface area (Å²) in [6, 6.07) is 8.14. The molecule has 1 aliphatic carbocycles. The molecular formula is C17H23NO3. The normalized spacial score (nSPS) is 27.4. The maximum atomic E-state index is 11.5. The van der Waals surface area contributed by atoms with Gasteiger partial charge < -0.3 is 9.84 Å². The first-order chi connectivity index (χ1) is 10.2. The van der Waals surface area contributed by atoms with Crippen molar-refractivity contribution < 1.29 is 14.6 Å². The molecule has 0 saturated carbocycles. The number of carbonyl (C=O) groups excluding carboxylic acids is 1. The molecule has 2 N–H and O–H groups in total. The van der Waals surface area contributed by atoms with E-state index in [0.717, 1.165) is 32.1 Å². The number of fused-ring (bicyclic) bond motifs is 1. The number of cyclic esters (lactones) is 1. The number of aliphatic hydroxyl groups is 1. The van der Waals surface area contributed by atoms with Crippen LogP contribution in [0.15, 0.2) is 24.3 Å². The Bertz CT molecular complexity index is 503. The molecular weight excluding hydrogens is 266 g/mol. The first kappa shape index (κ1) is 14.5. The predicted octanol–water partition coefficient (Wildman–Crippen LogP) is 1.80. The number of aryl methyl sites for hydroxylation is 1. The molecule has 1 aromatic carbocycles. The van der Waals surface area contributed by atoms with Gasteiger partial charge in [0.1, 0.15) is 12.3 Å². The molecule has 2 aliphatic rings. The van der Waals surface area contributed by atoms with Crippen LogP contribution in [0.5, 0.6) is 0 Å². The van der Waals surface area contributed by atoms with Crippen molar-refractivity contribution in [2.24, 2.45) is 5.92 Å². The number of esters is 1. The van der Waals surface area contributed by atoms with E-state index in [1.807, 2.05) is 0 Å². The van der Waals surface area contributed by atoms with Crippen molar-refractivity contribution >= 4 is 5.97 Å². The minimum Gasteiger partial charge on any atom is -0.464 e. The zero-order valence-electron chi connectivity index (χ0n) is 12.3. The molecule has 1 unspecified atom stereocenters. The Hall–Kier alpha value is -1.39. The highest BCUT2D eigenvalue weighted by atomic mass is 16.5. The first-order valence-corrected chi connectivity index (χ1v) is 7.91. The molecule has 0 spiro atoms. The Balaban J connectivity index is 1.68. The van der Waals surface area contributed by atoms with Gasteiger partial charge in [-0.05, 0) is 36.8 Å². The fourth-order valence-electron chi connectivity index (χ4n) is 3.37. The van der Waals surface area contributed by atoms with E-state index in [1.165, 1.54) is 11.1 Å². The SMILES string of the molecule is O=C1OCC[C@@H]1NC(O)[C@H]1CCCCc2ccccc2C1. The maximum absolute atomic E-state index is 11.5. The minimum atomic E-state index is -0.646. The van der Waals surface area contributed by atoms with Crippen molar-refractivity contribution in [2.45, 2.75) is 50.8 Å². The lowest BCUT2D eigenvalue weighted by Gasteiger charge is -2.28. The summed E-state index contributed by atoms with van der Waals surface area (Å²) in [5.74, 6) is -0.0832. The van der Waals surface area contributed by atoms with Gasteiger partial charge in [-0.3, -0.25) is 10.1 Å². The summed E-state index contributed by atoms with van der Waals surface area (Å²) in [4.78, 5) is 11.5. The van der Waals surface area contributed by atoms with E-state index in [2.05, 4.69) is 29.6 Å². The van der Waals surface area contributed by atoms with Crippen molar-refractivity contribution in [3.05, 3.63) is 35.4 Å². The fraction of sp³-hybridized carbons (Fsp3) is 0.588. The Kier molecular flexibility index (Phi) is 4.56. The second-order valence-corrected chi connectivity index (χ2v) is 6.10. The molecule has 21 heavy (non-hydrogen) atoms. The van der Waals surface area contributed by atoms with Gasteiger partial charge in [-0.25, -0.2) is 0 Å². The van der Waals surface area contributed by atoms with Crippen molar-refractivity contribution in [3.8, 4) is 0 Å². The third-order valence-electron chi connectivity index (χ3n) is 4.63. The molecule has 0 aromatic heterocycles. The molecule has 1 aromatic rings. The Morgan fingerprint density at radius 2 is 2.00 bits per heavy atom. The standard InChI is InChI=1S/C17H23NO3/c19-16(18-15-9-10-21-17(15)20)14-8-4-2-6-12-5-1-3-7-13(12)11-14/h1,3,5,7,14-16,18-19H,2,4,6,8-11H2/t14-,15-,16?/m0/s1. The van der Waals surface area contributed by atoms with Crippen LogP contribution < -0.4 is 5.32 Å². The highest BCUT2D eigenvalue weighted by molar-refractivity contribution is 5.77. The zero-order chi connectivity index (χ0) is 14.7. The van der Waals surface area contributed by atoms with Crippen LogP contribution in [-0.2, 0) is 22.4 Å². The molecule has 114 valence electrons. The van der Waals surface area contributed by atoms with Gasteiger partial charge in [-0.2, -0.15) is 0 Å². The van der Waals surface area contributed by atoms with Crippen LogP contribution in [0.1, 0.15) is 36.8 Å². The Morgan fingerprint density at radius 3 is 2.76 bits per heavy atom. The van der Waals surface area contributed by atoms with E-state index in [0.29, 0.717) is 13.0 Å². The second-order valence-electron chi connectivity index (χ2n) is 6.10. The zero-order valence-corrected chi connectivity index (χ0v) is 12.3. The van der Waals surface area contributed by atoms with Gasteiger partial charge >= 0.3 is 5.97 Å². The highest BCUT2D eigenvalue weighted by Crippen LogP contribution is 2.26. The fourth-order valence-corrected chi connectivity index (χ4v) is 3.37. The predicted molar refractivity (Wildman–Crippen MR) is 79.7 cm³/mol. The lowest BCUT2D eigenvalue weighted by Crippen LogP contribution is -2.45. The number of hydrogen-bond donors (Lipinski definition) is 2. The molecule has 4 nitrogen and oxygen atoms in total. The molecule has 4 heteroatoms. The number of aliphatic hydroxyl groups excluding tert-OH is 1. The summed E-state index contributed by atoms with van der Waals surface area (Å²) in [6.45, 7) is 0.455. The smallest absolute Gasteiger partial charge is 0.323 e. The number of nitrogens with one attached hydrogen (secondary N) is 1. The second kappa shape index (κ2) is 6.58. The quantitative estimate of drug-likeness (QED) is 0.658. The number of carbonyl (C=O) groups is 1. The monoisotopic (exact) mass is 289 g/mol. The number of rotatable bonds is 3. The summed E-state index contributed by atoms with van der Waals surface area (Å²) in [6.07, 6.45) is 5.27. The number of hydrogen-bond acceptors (Lipinski definition) is 4. The van der Waals surface area contributed by atoms with Crippen molar-refractivity contribution in [2.75, 3.05) is 6.61 Å². The van der Waals surface area contributed by atoms with Gasteiger partial charge in [0.15, 0.2) is 0 Å². The minimum absolute atomic E-state index is 0.153. The summed E-state index contributed by atoms with van der Waals surface area (Å²) in [7, 11) is 0. The topological polar surface area (TPSA) is 58.6 Å². The van der Waals surface area contributed by atoms with Crippen LogP contribution in [0.4, 0.5) is 0 Å². The lowest BCUT2D eigenvalue weighted by molar-refractivity contribution is -0.140. The molecule has 1 aliphatic heterocycles. The Labute approximate surface area is 125 Å². The number of benzene rings is 1. The van der Waals surface area contributed by atoms with E-state index in [1.54, 1.807) is 0 Å². The summed E-state index contributed by atoms with van der Waals surface area (Å²) in [5, 5.41) is 13.5. The molecule has 1 heterocycles. The van der Waals surface area contributed by atoms with Gasteiger partial charge in [-0.15, -0.1) is 0 Å². The van der Waals surface area contributed by atoms with E-state index >= 15 is 0 Å². The van der Waals surface area contributed by atoms with Crippen LogP contribution in [-0.4, -0.2) is 30.0 Å². The van der Waals surface area contributed by atoms with E-state index in [9.17, 15) is 9.90 Å². The molecule has 0 radical (unpaired) electrons. The summed E-state index contributed by atoms with van der Waals surface area (Å²) in [5.41, 5.74) is 2.73. The van der Waals surface area contributed by atoms with Crippen LogP contribution in [0.25, 0.3) is 0 Å². The Morgan fingerprint density at radius 1 is 1.19 bits per heavy atom. The van der Waals surface area contributed by atoms with E-state index in [4.69, 9.17) is 4.74 Å². The average Bonchev–Trinajstić information content (AvgIpc) is 2.85. The first-order valence-electron chi connectivity index (χ1n) is 7.91. The van der Waals surface area contributed by atoms with Gasteiger partial charge in [0.25, 0.3) is 0 Å².